The van der Waals surface area contributed by atoms with E-state index in [1.165, 1.54) is 18.2 Å². The van der Waals surface area contributed by atoms with Crippen molar-refractivity contribution in [3.8, 4) is 0 Å². The lowest BCUT2D eigenvalue weighted by Gasteiger charge is -2.14. The van der Waals surface area contributed by atoms with Crippen LogP contribution in [0.15, 0.2) is 77.7 Å². The number of amides is 2. The molecule has 0 saturated carbocycles. The molecule has 3 rings (SSSR count). The lowest BCUT2D eigenvalue weighted by molar-refractivity contribution is 0.101. The van der Waals surface area contributed by atoms with E-state index in [0.717, 1.165) is 6.26 Å². The van der Waals surface area contributed by atoms with Gasteiger partial charge in [0.2, 0.25) is 0 Å². The fraction of sp³-hybridized carbons (Fsp3) is 0.0909. The summed E-state index contributed by atoms with van der Waals surface area (Å²) in [5.41, 5.74) is 2.53. The molecule has 0 aromatic heterocycles. The van der Waals surface area contributed by atoms with Gasteiger partial charge in [0.25, 0.3) is 11.8 Å². The van der Waals surface area contributed by atoms with Crippen LogP contribution in [0.2, 0.25) is 0 Å². The number of carbonyl (C=O) groups excluding carboxylic acids is 2. The highest BCUT2D eigenvalue weighted by molar-refractivity contribution is 7.90. The Balaban J connectivity index is 1.81. The molecule has 0 radical (unpaired) electrons. The number of sulfone groups is 1. The summed E-state index contributed by atoms with van der Waals surface area (Å²) in [6.07, 6.45) is 1.09. The number of hydrogen-bond donors (Lipinski definition) is 2. The topological polar surface area (TPSA) is 92.3 Å². The van der Waals surface area contributed by atoms with E-state index in [1.807, 2.05) is 6.07 Å². The summed E-state index contributed by atoms with van der Waals surface area (Å²) in [5, 5.41) is 5.61. The van der Waals surface area contributed by atoms with Crippen LogP contribution in [-0.4, -0.2) is 26.5 Å². The number of benzene rings is 3. The van der Waals surface area contributed by atoms with Crippen LogP contribution in [0.4, 0.5) is 11.4 Å². The predicted molar refractivity (Wildman–Crippen MR) is 113 cm³/mol. The van der Waals surface area contributed by atoms with Gasteiger partial charge in [0.05, 0.1) is 4.90 Å². The van der Waals surface area contributed by atoms with E-state index in [9.17, 15) is 18.0 Å². The molecule has 0 atom stereocenters. The maximum absolute atomic E-state index is 12.6. The molecule has 2 N–H and O–H groups in total. The smallest absolute Gasteiger partial charge is 0.255 e. The van der Waals surface area contributed by atoms with Gasteiger partial charge in [-0.05, 0) is 55.0 Å². The van der Waals surface area contributed by atoms with Crippen molar-refractivity contribution in [2.24, 2.45) is 0 Å². The highest BCUT2D eigenvalue weighted by Gasteiger charge is 2.14. The number of hydrogen-bond acceptors (Lipinski definition) is 4. The molecule has 0 aliphatic carbocycles. The maximum atomic E-state index is 12.6. The second kappa shape index (κ2) is 8.28. The lowest BCUT2D eigenvalue weighted by Crippen LogP contribution is -2.16. The van der Waals surface area contributed by atoms with Crippen molar-refractivity contribution in [2.45, 2.75) is 11.8 Å². The van der Waals surface area contributed by atoms with E-state index < -0.39 is 15.7 Å². The summed E-state index contributed by atoms with van der Waals surface area (Å²) < 4.78 is 23.4. The largest absolute Gasteiger partial charge is 0.322 e. The van der Waals surface area contributed by atoms with Gasteiger partial charge in [-0.2, -0.15) is 0 Å². The van der Waals surface area contributed by atoms with Crippen LogP contribution in [0.25, 0.3) is 0 Å². The second-order valence-corrected chi connectivity index (χ2v) is 8.57. The van der Waals surface area contributed by atoms with Gasteiger partial charge in [0.1, 0.15) is 0 Å². The van der Waals surface area contributed by atoms with Crippen LogP contribution in [-0.2, 0) is 9.84 Å². The van der Waals surface area contributed by atoms with Gasteiger partial charge < -0.3 is 10.6 Å². The predicted octanol–water partition coefficient (Wildman–Crippen LogP) is 3.90. The molecule has 2 amide bonds. The molecular formula is C22H20N2O4S. The fourth-order valence-electron chi connectivity index (χ4n) is 2.75. The molecule has 148 valence electrons. The van der Waals surface area contributed by atoms with Gasteiger partial charge in [-0.25, -0.2) is 8.42 Å². The van der Waals surface area contributed by atoms with Gasteiger partial charge in [-0.1, -0.05) is 30.3 Å². The number of rotatable bonds is 5. The van der Waals surface area contributed by atoms with Crippen molar-refractivity contribution in [1.29, 1.82) is 0 Å². The molecule has 6 nitrogen and oxygen atoms in total. The van der Waals surface area contributed by atoms with E-state index in [1.54, 1.807) is 55.5 Å². The molecule has 29 heavy (non-hydrogen) atoms. The molecule has 3 aromatic rings. The Morgan fingerprint density at radius 1 is 0.724 bits per heavy atom. The van der Waals surface area contributed by atoms with Crippen molar-refractivity contribution < 1.29 is 18.0 Å². The SMILES string of the molecule is Cc1c(NC(=O)c2ccccc2)cccc1NC(=O)c1cccc(S(C)(=O)=O)c1. The minimum absolute atomic E-state index is 0.0748. The quantitative estimate of drug-likeness (QED) is 0.670. The van der Waals surface area contributed by atoms with Crippen LogP contribution >= 0.6 is 0 Å². The molecule has 0 aliphatic heterocycles. The molecule has 0 fully saturated rings. The monoisotopic (exact) mass is 408 g/mol. The first-order chi connectivity index (χ1) is 13.8. The van der Waals surface area contributed by atoms with Crippen LogP contribution in [0.1, 0.15) is 26.3 Å². The average Bonchev–Trinajstić information content (AvgIpc) is 2.71. The van der Waals surface area contributed by atoms with E-state index >= 15 is 0 Å². The average molecular weight is 408 g/mol. The number of carbonyl (C=O) groups is 2. The number of anilines is 2. The fourth-order valence-corrected chi connectivity index (χ4v) is 3.42. The Morgan fingerprint density at radius 3 is 1.83 bits per heavy atom. The molecule has 0 bridgehead atoms. The molecule has 7 heteroatoms. The lowest BCUT2D eigenvalue weighted by atomic mass is 10.1. The maximum Gasteiger partial charge on any atom is 0.255 e. The molecule has 3 aromatic carbocycles. The highest BCUT2D eigenvalue weighted by atomic mass is 32.2. The zero-order chi connectivity index (χ0) is 21.0. The summed E-state index contributed by atoms with van der Waals surface area (Å²) in [7, 11) is -3.41. The second-order valence-electron chi connectivity index (χ2n) is 6.55. The number of nitrogens with one attached hydrogen (secondary N) is 2. The Bertz CT molecular complexity index is 1170. The highest BCUT2D eigenvalue weighted by Crippen LogP contribution is 2.25. The van der Waals surface area contributed by atoms with Gasteiger partial charge in [-0.3, -0.25) is 9.59 Å². The molecule has 0 unspecified atom stereocenters. The van der Waals surface area contributed by atoms with E-state index in [0.29, 0.717) is 22.5 Å². The third kappa shape index (κ3) is 4.89. The van der Waals surface area contributed by atoms with E-state index in [2.05, 4.69) is 10.6 Å². The standard InChI is InChI=1S/C22H20N2O4S/c1-15-19(23-21(25)16-8-4-3-5-9-16)12-7-13-20(15)24-22(26)17-10-6-11-18(14-17)29(2,27)28/h3-14H,1-2H3,(H,23,25)(H,24,26). The minimum atomic E-state index is -3.41. The van der Waals surface area contributed by atoms with Crippen LogP contribution < -0.4 is 10.6 Å². The summed E-state index contributed by atoms with van der Waals surface area (Å²) in [5.74, 6) is -0.692. The van der Waals surface area contributed by atoms with Crippen molar-refractivity contribution in [3.05, 3.63) is 89.5 Å². The molecule has 0 spiro atoms. The van der Waals surface area contributed by atoms with E-state index in [-0.39, 0.29) is 16.4 Å². The van der Waals surface area contributed by atoms with Crippen LogP contribution in [0, 0.1) is 6.92 Å². The Kier molecular flexibility index (Phi) is 5.79. The Morgan fingerprint density at radius 2 is 1.24 bits per heavy atom. The Labute approximate surface area is 169 Å². The third-order valence-corrected chi connectivity index (χ3v) is 5.50. The van der Waals surface area contributed by atoms with Gasteiger partial charge in [-0.15, -0.1) is 0 Å². The summed E-state index contributed by atoms with van der Waals surface area (Å²) in [6.45, 7) is 1.78. The van der Waals surface area contributed by atoms with Gasteiger partial charge >= 0.3 is 0 Å². The third-order valence-electron chi connectivity index (χ3n) is 4.39. The molecular weight excluding hydrogens is 388 g/mol. The molecule has 0 aliphatic rings. The first kappa shape index (κ1) is 20.3. The first-order valence-corrected chi connectivity index (χ1v) is 10.7. The first-order valence-electron chi connectivity index (χ1n) is 8.83. The van der Waals surface area contributed by atoms with Crippen molar-refractivity contribution in [3.63, 3.8) is 0 Å². The molecule has 0 heterocycles. The minimum Gasteiger partial charge on any atom is -0.322 e. The Hall–Kier alpha value is -3.45. The van der Waals surface area contributed by atoms with E-state index in [4.69, 9.17) is 0 Å². The summed E-state index contributed by atoms with van der Waals surface area (Å²) in [6, 6.07) is 19.8. The molecule has 0 saturated heterocycles. The van der Waals surface area contributed by atoms with Crippen molar-refractivity contribution in [2.75, 3.05) is 16.9 Å². The van der Waals surface area contributed by atoms with Gasteiger partial charge in [0, 0.05) is 28.8 Å². The van der Waals surface area contributed by atoms with Crippen LogP contribution in [0.5, 0.6) is 0 Å². The van der Waals surface area contributed by atoms with Gasteiger partial charge in [0.15, 0.2) is 9.84 Å². The zero-order valence-electron chi connectivity index (χ0n) is 16.0. The zero-order valence-corrected chi connectivity index (χ0v) is 16.8. The summed E-state index contributed by atoms with van der Waals surface area (Å²) >= 11 is 0. The summed E-state index contributed by atoms with van der Waals surface area (Å²) in [4.78, 5) is 25.1. The van der Waals surface area contributed by atoms with Crippen molar-refractivity contribution in [1.82, 2.24) is 0 Å². The normalized spacial score (nSPS) is 11.0. The van der Waals surface area contributed by atoms with Crippen LogP contribution in [0.3, 0.4) is 0 Å². The van der Waals surface area contributed by atoms with Crippen molar-refractivity contribution >= 4 is 33.0 Å².